The molecule has 0 amide bonds. The molecule has 56 heavy (non-hydrogen) atoms. The van der Waals surface area contributed by atoms with Gasteiger partial charge in [0.2, 0.25) is 11.6 Å². The second-order valence-electron chi connectivity index (χ2n) is 11.8. The van der Waals surface area contributed by atoms with E-state index in [2.05, 4.69) is 21.1 Å². The quantitative estimate of drug-likeness (QED) is 0.0754. The molecular weight excluding hydrogens is 817 g/mol. The topological polar surface area (TPSA) is 300 Å². The third-order valence-electron chi connectivity index (χ3n) is 8.07. The molecule has 0 aromatic heterocycles. The molecule has 288 valence electrons. The first-order chi connectivity index (χ1) is 26.1. The Morgan fingerprint density at radius 3 is 1.18 bits per heavy atom. The molecule has 0 aliphatic heterocycles. The van der Waals surface area contributed by atoms with Crippen LogP contribution in [-0.4, -0.2) is 74.9 Å². The van der Waals surface area contributed by atoms with Gasteiger partial charge in [0.05, 0.1) is 21.2 Å². The minimum Gasteiger partial charge on any atom is -0.287 e. The van der Waals surface area contributed by atoms with Crippen LogP contribution < -0.4 is 10.9 Å². The molecule has 22 heteroatoms. The maximum Gasteiger partial charge on any atom is 0.295 e. The second kappa shape index (κ2) is 14.6. The van der Waals surface area contributed by atoms with Crippen molar-refractivity contribution in [3.05, 3.63) is 118 Å². The first-order valence-electron chi connectivity index (χ1n) is 15.4. The van der Waals surface area contributed by atoms with E-state index in [1.165, 1.54) is 48.6 Å². The van der Waals surface area contributed by atoms with Gasteiger partial charge in [-0.3, -0.25) is 38.7 Å². The Morgan fingerprint density at radius 2 is 0.839 bits per heavy atom. The van der Waals surface area contributed by atoms with Crippen molar-refractivity contribution in [3.63, 3.8) is 0 Å². The standard InChI is InChI=1S/C34H24N4O14S4/c39-29-13-5-21-15-25(53(41,42)43)9-11-27(21)33(29)37-35-23-7-3-19(31(17-23)55(47,48)49)1-2-20-4-8-24(18-32(20)56(50,51)52)36-38-34-28-12-10-26(54(44,45)46)16-22(28)6-14-30(34)40/h1-18,35-36H,(H,41,42,43)(H,44,45,46)(H,47,48,49)(H,50,51,52)/b2-1+,37-33-,38-34-. The van der Waals surface area contributed by atoms with E-state index in [0.29, 0.717) is 0 Å². The fraction of sp³-hybridized carbons (Fsp3) is 0. The van der Waals surface area contributed by atoms with Crippen molar-refractivity contribution < 1.29 is 61.5 Å². The number of ketones is 2. The van der Waals surface area contributed by atoms with Gasteiger partial charge in [-0.15, -0.1) is 0 Å². The normalized spacial score (nSPS) is 16.0. The van der Waals surface area contributed by atoms with Gasteiger partial charge in [-0.1, -0.05) is 48.6 Å². The van der Waals surface area contributed by atoms with E-state index in [1.807, 2.05) is 0 Å². The number of hydrazone groups is 2. The second-order valence-corrected chi connectivity index (χ2v) is 17.4. The van der Waals surface area contributed by atoms with E-state index in [4.69, 9.17) is 0 Å². The Morgan fingerprint density at radius 1 is 0.464 bits per heavy atom. The number of carbonyl (C=O) groups is 2. The highest BCUT2D eigenvalue weighted by molar-refractivity contribution is 7.86. The number of fused-ring (bicyclic) bond motifs is 2. The Bertz CT molecular complexity index is 2800. The molecule has 0 saturated heterocycles. The lowest BCUT2D eigenvalue weighted by Crippen LogP contribution is -2.19. The summed E-state index contributed by atoms with van der Waals surface area (Å²) in [6.07, 6.45) is 7.09. The molecule has 2 aliphatic rings. The minimum absolute atomic E-state index is 0.0372. The zero-order valence-electron chi connectivity index (χ0n) is 27.8. The van der Waals surface area contributed by atoms with Crippen molar-refractivity contribution in [2.75, 3.05) is 10.9 Å². The van der Waals surface area contributed by atoms with Crippen LogP contribution in [0.4, 0.5) is 11.4 Å². The van der Waals surface area contributed by atoms with E-state index in [0.717, 1.165) is 60.7 Å². The van der Waals surface area contributed by atoms with E-state index in [1.54, 1.807) is 0 Å². The minimum atomic E-state index is -4.95. The number of allylic oxidation sites excluding steroid dienone is 2. The Labute approximate surface area is 318 Å². The van der Waals surface area contributed by atoms with Gasteiger partial charge in [-0.2, -0.15) is 43.9 Å². The van der Waals surface area contributed by atoms with Crippen molar-refractivity contribution in [3.8, 4) is 0 Å². The average molecular weight is 841 g/mol. The molecular formula is C34H24N4O14S4. The first-order valence-corrected chi connectivity index (χ1v) is 21.1. The van der Waals surface area contributed by atoms with E-state index in [9.17, 15) is 61.5 Å². The summed E-state index contributed by atoms with van der Waals surface area (Å²) < 4.78 is 134. The fourth-order valence-corrected chi connectivity index (χ4v) is 7.90. The number of anilines is 2. The lowest BCUT2D eigenvalue weighted by molar-refractivity contribution is -0.109. The Hall–Kier alpha value is -5.98. The summed E-state index contributed by atoms with van der Waals surface area (Å²) in [5.41, 5.74) is 5.12. The van der Waals surface area contributed by atoms with Gasteiger partial charge in [0.1, 0.15) is 21.2 Å². The molecule has 4 aromatic carbocycles. The maximum absolute atomic E-state index is 12.6. The Balaban J connectivity index is 1.28. The van der Waals surface area contributed by atoms with Crippen LogP contribution >= 0.6 is 0 Å². The highest BCUT2D eigenvalue weighted by atomic mass is 32.2. The highest BCUT2D eigenvalue weighted by Gasteiger charge is 2.24. The van der Waals surface area contributed by atoms with Gasteiger partial charge in [0, 0.05) is 11.1 Å². The SMILES string of the molecule is O=C1C=Cc2cc(S(=O)(=O)O)ccc2/C1=N/Nc1ccc(/C=C/c2ccc(N/N=C3\C(=O)C=Cc4cc(S(=O)(=O)O)ccc43)cc2S(=O)(=O)O)c(S(=O)(=O)O)c1. The van der Waals surface area contributed by atoms with Crippen LogP contribution in [0.3, 0.4) is 0 Å². The zero-order valence-corrected chi connectivity index (χ0v) is 31.1. The summed E-state index contributed by atoms with van der Waals surface area (Å²) in [5.74, 6) is -1.19. The largest absolute Gasteiger partial charge is 0.295 e. The molecule has 6 rings (SSSR count). The first kappa shape index (κ1) is 39.7. The summed E-state index contributed by atoms with van der Waals surface area (Å²) in [4.78, 5) is 23.0. The molecule has 0 atom stereocenters. The van der Waals surface area contributed by atoms with Crippen molar-refractivity contribution in [1.29, 1.82) is 0 Å². The maximum atomic E-state index is 12.6. The summed E-state index contributed by atoms with van der Waals surface area (Å²) >= 11 is 0. The number of hydrogen-bond acceptors (Lipinski definition) is 14. The van der Waals surface area contributed by atoms with Crippen LogP contribution in [0.1, 0.15) is 33.4 Å². The lowest BCUT2D eigenvalue weighted by Gasteiger charge is -2.14. The molecule has 2 aliphatic carbocycles. The average Bonchev–Trinajstić information content (AvgIpc) is 3.11. The molecule has 6 N–H and O–H groups in total. The number of benzene rings is 4. The van der Waals surface area contributed by atoms with Crippen LogP contribution in [0.15, 0.2) is 115 Å². The molecule has 0 fully saturated rings. The molecule has 18 nitrogen and oxygen atoms in total. The van der Waals surface area contributed by atoms with E-state index < -0.39 is 71.6 Å². The smallest absolute Gasteiger partial charge is 0.287 e. The van der Waals surface area contributed by atoms with Gasteiger partial charge in [-0.05, 0) is 82.9 Å². The third kappa shape index (κ3) is 8.61. The molecule has 0 heterocycles. The van der Waals surface area contributed by atoms with Crippen LogP contribution in [0.2, 0.25) is 0 Å². The summed E-state index contributed by atoms with van der Waals surface area (Å²) in [6.45, 7) is 0. The molecule has 0 bridgehead atoms. The lowest BCUT2D eigenvalue weighted by atomic mass is 9.95. The monoisotopic (exact) mass is 840 g/mol. The number of rotatable bonds is 10. The molecule has 4 aromatic rings. The van der Waals surface area contributed by atoms with Gasteiger partial charge in [0.15, 0.2) is 0 Å². The van der Waals surface area contributed by atoms with Crippen LogP contribution in [0, 0.1) is 0 Å². The number of nitrogens with zero attached hydrogens (tertiary/aromatic N) is 2. The number of nitrogens with one attached hydrogen (secondary N) is 2. The van der Waals surface area contributed by atoms with Crippen LogP contribution in [0.5, 0.6) is 0 Å². The van der Waals surface area contributed by atoms with Gasteiger partial charge < -0.3 is 0 Å². The van der Waals surface area contributed by atoms with Crippen LogP contribution in [-0.2, 0) is 50.1 Å². The van der Waals surface area contributed by atoms with Crippen molar-refractivity contribution >= 4 is 99.1 Å². The highest BCUT2D eigenvalue weighted by Crippen LogP contribution is 2.28. The molecule has 0 spiro atoms. The summed E-state index contributed by atoms with van der Waals surface area (Å²) in [6, 6.07) is 13.8. The predicted molar refractivity (Wildman–Crippen MR) is 202 cm³/mol. The number of carbonyl (C=O) groups excluding carboxylic acids is 2. The van der Waals surface area contributed by atoms with Gasteiger partial charge in [-0.25, -0.2) is 0 Å². The van der Waals surface area contributed by atoms with Gasteiger partial charge >= 0.3 is 0 Å². The summed E-state index contributed by atoms with van der Waals surface area (Å²) in [7, 11) is -19.0. The van der Waals surface area contributed by atoms with Crippen molar-refractivity contribution in [2.24, 2.45) is 10.2 Å². The zero-order chi connectivity index (χ0) is 40.8. The summed E-state index contributed by atoms with van der Waals surface area (Å²) in [5, 5.41) is 8.06. The molecule has 0 unspecified atom stereocenters. The number of hydrogen-bond donors (Lipinski definition) is 6. The van der Waals surface area contributed by atoms with E-state index >= 15 is 0 Å². The third-order valence-corrected chi connectivity index (χ3v) is 11.6. The van der Waals surface area contributed by atoms with Gasteiger partial charge in [0.25, 0.3) is 40.5 Å². The van der Waals surface area contributed by atoms with Crippen molar-refractivity contribution in [2.45, 2.75) is 19.6 Å². The fourth-order valence-electron chi connectivity index (χ4n) is 5.44. The van der Waals surface area contributed by atoms with Crippen molar-refractivity contribution in [1.82, 2.24) is 0 Å². The molecule has 0 radical (unpaired) electrons. The van der Waals surface area contributed by atoms with Crippen LogP contribution in [0.25, 0.3) is 24.3 Å². The predicted octanol–water partition coefficient (Wildman–Crippen LogP) is 3.67. The van der Waals surface area contributed by atoms with E-state index in [-0.39, 0.29) is 56.2 Å². The Kier molecular flexibility index (Phi) is 10.3. The molecule has 0 saturated carbocycles.